The van der Waals surface area contributed by atoms with Gasteiger partial charge >= 0.3 is 0 Å². The first-order valence-corrected chi connectivity index (χ1v) is 7.82. The molecule has 1 heterocycles. The average molecular weight is 291 g/mol. The molecule has 0 radical (unpaired) electrons. The van der Waals surface area contributed by atoms with E-state index in [4.69, 9.17) is 5.73 Å². The Morgan fingerprint density at radius 2 is 2.14 bits per heavy atom. The van der Waals surface area contributed by atoms with Crippen LogP contribution in [0.1, 0.15) is 64.8 Å². The van der Waals surface area contributed by atoms with Crippen LogP contribution in [0.5, 0.6) is 0 Å². The summed E-state index contributed by atoms with van der Waals surface area (Å²) < 4.78 is 2.21. The SMILES string of the molecule is CC1(C)Cc2c(ccn2CCC(=O)NC(C)(C)C)C(N)C1. The van der Waals surface area contributed by atoms with Crippen LogP contribution in [-0.4, -0.2) is 16.0 Å². The van der Waals surface area contributed by atoms with E-state index in [1.165, 1.54) is 11.3 Å². The van der Waals surface area contributed by atoms with Crippen LogP contribution in [0.3, 0.4) is 0 Å². The van der Waals surface area contributed by atoms with E-state index < -0.39 is 0 Å². The van der Waals surface area contributed by atoms with Crippen molar-refractivity contribution in [3.05, 3.63) is 23.5 Å². The molecule has 0 bridgehead atoms. The Bertz CT molecular complexity index is 523. The van der Waals surface area contributed by atoms with Crippen molar-refractivity contribution in [1.82, 2.24) is 9.88 Å². The monoisotopic (exact) mass is 291 g/mol. The van der Waals surface area contributed by atoms with Crippen molar-refractivity contribution in [2.24, 2.45) is 11.1 Å². The molecule has 0 aromatic carbocycles. The molecular weight excluding hydrogens is 262 g/mol. The largest absolute Gasteiger partial charge is 0.351 e. The lowest BCUT2D eigenvalue weighted by molar-refractivity contribution is -0.122. The van der Waals surface area contributed by atoms with E-state index in [2.05, 4.69) is 36.0 Å². The molecule has 3 N–H and O–H groups in total. The summed E-state index contributed by atoms with van der Waals surface area (Å²) in [5, 5.41) is 3.01. The molecule has 1 amide bonds. The van der Waals surface area contributed by atoms with Gasteiger partial charge in [0.25, 0.3) is 0 Å². The van der Waals surface area contributed by atoms with E-state index in [0.29, 0.717) is 6.42 Å². The zero-order chi connectivity index (χ0) is 15.8. The van der Waals surface area contributed by atoms with Gasteiger partial charge in [0, 0.05) is 36.4 Å². The number of aromatic nitrogens is 1. The molecular formula is C17H29N3O. The summed E-state index contributed by atoms with van der Waals surface area (Å²) >= 11 is 0. The maximum absolute atomic E-state index is 12.0. The van der Waals surface area contributed by atoms with Crippen LogP contribution < -0.4 is 11.1 Å². The summed E-state index contributed by atoms with van der Waals surface area (Å²) in [6.07, 6.45) is 4.64. The Kier molecular flexibility index (Phi) is 4.20. The van der Waals surface area contributed by atoms with Crippen molar-refractivity contribution in [2.45, 2.75) is 72.0 Å². The number of carbonyl (C=O) groups excluding carboxylic acids is 1. The number of rotatable bonds is 3. The van der Waals surface area contributed by atoms with Crippen molar-refractivity contribution >= 4 is 5.91 Å². The van der Waals surface area contributed by atoms with Gasteiger partial charge in [0.15, 0.2) is 0 Å². The Morgan fingerprint density at radius 1 is 1.48 bits per heavy atom. The van der Waals surface area contributed by atoms with Gasteiger partial charge in [0.1, 0.15) is 0 Å². The summed E-state index contributed by atoms with van der Waals surface area (Å²) in [6.45, 7) is 11.3. The van der Waals surface area contributed by atoms with Gasteiger partial charge in [-0.25, -0.2) is 0 Å². The highest BCUT2D eigenvalue weighted by molar-refractivity contribution is 5.76. The molecule has 4 nitrogen and oxygen atoms in total. The highest BCUT2D eigenvalue weighted by Gasteiger charge is 2.32. The van der Waals surface area contributed by atoms with E-state index in [1.807, 2.05) is 20.8 Å². The summed E-state index contributed by atoms with van der Waals surface area (Å²) in [4.78, 5) is 12.0. The summed E-state index contributed by atoms with van der Waals surface area (Å²) in [5.41, 5.74) is 8.91. The number of nitrogens with two attached hydrogens (primary N) is 1. The predicted octanol–water partition coefficient (Wildman–Crippen LogP) is 2.77. The van der Waals surface area contributed by atoms with Crippen LogP contribution in [0.4, 0.5) is 0 Å². The van der Waals surface area contributed by atoms with Gasteiger partial charge in [0.05, 0.1) is 0 Å². The zero-order valence-electron chi connectivity index (χ0n) is 14.0. The van der Waals surface area contributed by atoms with Crippen LogP contribution in [-0.2, 0) is 17.8 Å². The summed E-state index contributed by atoms with van der Waals surface area (Å²) in [6, 6.07) is 2.24. The van der Waals surface area contributed by atoms with Gasteiger partial charge in [-0.1, -0.05) is 13.8 Å². The number of aryl methyl sites for hydroxylation is 1. The minimum Gasteiger partial charge on any atom is -0.351 e. The third-order valence-electron chi connectivity index (χ3n) is 4.03. The number of hydrogen-bond acceptors (Lipinski definition) is 2. The number of nitrogens with zero attached hydrogens (tertiary/aromatic N) is 1. The predicted molar refractivity (Wildman–Crippen MR) is 86.0 cm³/mol. The van der Waals surface area contributed by atoms with Crippen LogP contribution in [0.2, 0.25) is 0 Å². The first kappa shape index (κ1) is 16.1. The number of amides is 1. The second kappa shape index (κ2) is 5.48. The van der Waals surface area contributed by atoms with Gasteiger partial charge < -0.3 is 15.6 Å². The van der Waals surface area contributed by atoms with E-state index in [9.17, 15) is 4.79 Å². The molecule has 2 rings (SSSR count). The smallest absolute Gasteiger partial charge is 0.222 e. The topological polar surface area (TPSA) is 60.0 Å². The lowest BCUT2D eigenvalue weighted by Crippen LogP contribution is -2.41. The minimum atomic E-state index is -0.169. The molecule has 1 aromatic heterocycles. The molecule has 0 saturated heterocycles. The average Bonchev–Trinajstić information content (AvgIpc) is 2.65. The highest BCUT2D eigenvalue weighted by Crippen LogP contribution is 2.39. The van der Waals surface area contributed by atoms with Gasteiger partial charge in [-0.2, -0.15) is 0 Å². The number of nitrogens with one attached hydrogen (secondary N) is 1. The lowest BCUT2D eigenvalue weighted by Gasteiger charge is -2.34. The number of hydrogen-bond donors (Lipinski definition) is 2. The Morgan fingerprint density at radius 3 is 2.76 bits per heavy atom. The second-order valence-corrected chi connectivity index (χ2v) is 8.11. The lowest BCUT2D eigenvalue weighted by atomic mass is 9.74. The molecule has 21 heavy (non-hydrogen) atoms. The molecule has 0 spiro atoms. The Hall–Kier alpha value is -1.29. The minimum absolute atomic E-state index is 0.101. The third-order valence-corrected chi connectivity index (χ3v) is 4.03. The van der Waals surface area contributed by atoms with Crippen LogP contribution >= 0.6 is 0 Å². The van der Waals surface area contributed by atoms with Crippen molar-refractivity contribution in [3.63, 3.8) is 0 Å². The Labute approximate surface area is 128 Å². The first-order valence-electron chi connectivity index (χ1n) is 7.82. The summed E-state index contributed by atoms with van der Waals surface area (Å²) in [5.74, 6) is 0.101. The van der Waals surface area contributed by atoms with Crippen molar-refractivity contribution in [2.75, 3.05) is 0 Å². The van der Waals surface area contributed by atoms with Gasteiger partial charge in [0.2, 0.25) is 5.91 Å². The van der Waals surface area contributed by atoms with Crippen molar-refractivity contribution < 1.29 is 4.79 Å². The molecule has 118 valence electrons. The van der Waals surface area contributed by atoms with Crippen LogP contribution in [0.25, 0.3) is 0 Å². The fourth-order valence-corrected chi connectivity index (χ4v) is 3.21. The van der Waals surface area contributed by atoms with Crippen LogP contribution in [0, 0.1) is 5.41 Å². The van der Waals surface area contributed by atoms with E-state index >= 15 is 0 Å². The van der Waals surface area contributed by atoms with Gasteiger partial charge in [-0.05, 0) is 50.7 Å². The maximum atomic E-state index is 12.0. The normalized spacial score (nSPS) is 21.0. The highest BCUT2D eigenvalue weighted by atomic mass is 16.1. The second-order valence-electron chi connectivity index (χ2n) is 8.11. The standard InChI is InChI=1S/C17H29N3O/c1-16(2,3)19-15(21)7-9-20-8-6-12-13(18)10-17(4,5)11-14(12)20/h6,8,13H,7,9-11,18H2,1-5H3,(H,19,21). The van der Waals surface area contributed by atoms with Crippen molar-refractivity contribution in [3.8, 4) is 0 Å². The van der Waals surface area contributed by atoms with Crippen LogP contribution in [0.15, 0.2) is 12.3 Å². The molecule has 1 aromatic rings. The first-order chi connectivity index (χ1) is 9.57. The molecule has 1 atom stereocenters. The zero-order valence-corrected chi connectivity index (χ0v) is 14.0. The molecule has 1 unspecified atom stereocenters. The number of carbonyl (C=O) groups is 1. The van der Waals surface area contributed by atoms with E-state index in [0.717, 1.165) is 19.4 Å². The van der Waals surface area contributed by atoms with Crippen molar-refractivity contribution in [1.29, 1.82) is 0 Å². The molecule has 0 saturated carbocycles. The molecule has 4 heteroatoms. The number of fused-ring (bicyclic) bond motifs is 1. The Balaban J connectivity index is 2.05. The van der Waals surface area contributed by atoms with E-state index in [-0.39, 0.29) is 22.9 Å². The van der Waals surface area contributed by atoms with E-state index in [1.54, 1.807) is 0 Å². The molecule has 0 aliphatic heterocycles. The fraction of sp³-hybridized carbons (Fsp3) is 0.706. The summed E-state index contributed by atoms with van der Waals surface area (Å²) in [7, 11) is 0. The third kappa shape index (κ3) is 4.10. The molecule has 1 aliphatic rings. The van der Waals surface area contributed by atoms with Gasteiger partial charge in [-0.15, -0.1) is 0 Å². The molecule has 0 fully saturated rings. The fourth-order valence-electron chi connectivity index (χ4n) is 3.21. The maximum Gasteiger partial charge on any atom is 0.222 e. The van der Waals surface area contributed by atoms with Gasteiger partial charge in [-0.3, -0.25) is 4.79 Å². The molecule has 1 aliphatic carbocycles. The quantitative estimate of drug-likeness (QED) is 0.899.